The number of hydrogen-bond donors (Lipinski definition) is 3. The van der Waals surface area contributed by atoms with Gasteiger partial charge in [-0.3, -0.25) is 9.59 Å². The van der Waals surface area contributed by atoms with Crippen LogP contribution in [0.2, 0.25) is 0 Å². The number of aliphatic hydroxyl groups is 2. The van der Waals surface area contributed by atoms with E-state index in [1.54, 1.807) is 0 Å². The molecule has 0 aliphatic rings. The van der Waals surface area contributed by atoms with Gasteiger partial charge in [-0.15, -0.1) is 0 Å². The minimum atomic E-state index is -0.812. The smallest absolute Gasteiger partial charge is 0.319 e. The number of thiol groups is 1. The molecule has 0 aliphatic heterocycles. The molecule has 0 aromatic carbocycles. The standard InChI is InChI=1S/C14H26O6S/c15-7-3-1-5-9-19-13(17)11-12(21)14(18)20-10-6-2-4-8-16/h12,15-16,21H,1-11H2. The van der Waals surface area contributed by atoms with Gasteiger partial charge in [0, 0.05) is 13.2 Å². The van der Waals surface area contributed by atoms with E-state index in [1.165, 1.54) is 0 Å². The number of carbonyl (C=O) groups excluding carboxylic acids is 2. The van der Waals surface area contributed by atoms with E-state index in [0.717, 1.165) is 12.8 Å². The Morgan fingerprint density at radius 1 is 0.857 bits per heavy atom. The molecule has 0 heterocycles. The zero-order valence-electron chi connectivity index (χ0n) is 12.3. The summed E-state index contributed by atoms with van der Waals surface area (Å²) in [6.45, 7) is 0.825. The van der Waals surface area contributed by atoms with Crippen LogP contribution in [0.15, 0.2) is 0 Å². The minimum Gasteiger partial charge on any atom is -0.466 e. The van der Waals surface area contributed by atoms with E-state index >= 15 is 0 Å². The molecule has 2 N–H and O–H groups in total. The molecule has 1 atom stereocenters. The molecule has 0 amide bonds. The van der Waals surface area contributed by atoms with Crippen LogP contribution in [0, 0.1) is 0 Å². The van der Waals surface area contributed by atoms with Gasteiger partial charge in [0.05, 0.1) is 19.6 Å². The van der Waals surface area contributed by atoms with Crippen molar-refractivity contribution in [3.05, 3.63) is 0 Å². The van der Waals surface area contributed by atoms with Crippen LogP contribution in [0.5, 0.6) is 0 Å². The lowest BCUT2D eigenvalue weighted by Gasteiger charge is -2.10. The van der Waals surface area contributed by atoms with Crippen LogP contribution in [0.3, 0.4) is 0 Å². The molecule has 0 spiro atoms. The average molecular weight is 322 g/mol. The van der Waals surface area contributed by atoms with Crippen molar-refractivity contribution < 1.29 is 29.3 Å². The average Bonchev–Trinajstić information content (AvgIpc) is 2.46. The quantitative estimate of drug-likeness (QED) is 0.267. The van der Waals surface area contributed by atoms with Gasteiger partial charge >= 0.3 is 11.9 Å². The zero-order valence-corrected chi connectivity index (χ0v) is 13.2. The molecule has 6 nitrogen and oxygen atoms in total. The van der Waals surface area contributed by atoms with Gasteiger partial charge in [-0.05, 0) is 38.5 Å². The number of aliphatic hydroxyl groups excluding tert-OH is 2. The summed E-state index contributed by atoms with van der Waals surface area (Å²) in [7, 11) is 0. The summed E-state index contributed by atoms with van der Waals surface area (Å²) < 4.78 is 9.94. The van der Waals surface area contributed by atoms with Crippen LogP contribution >= 0.6 is 12.6 Å². The zero-order chi connectivity index (χ0) is 15.9. The Morgan fingerprint density at radius 3 is 1.90 bits per heavy atom. The molecule has 0 aliphatic carbocycles. The summed E-state index contributed by atoms with van der Waals surface area (Å²) in [6.07, 6.45) is 4.22. The lowest BCUT2D eigenvalue weighted by Crippen LogP contribution is -2.23. The van der Waals surface area contributed by atoms with Crippen LogP contribution in [0.4, 0.5) is 0 Å². The predicted molar refractivity (Wildman–Crippen MR) is 81.2 cm³/mol. The van der Waals surface area contributed by atoms with Crippen LogP contribution in [-0.2, 0) is 19.1 Å². The lowest BCUT2D eigenvalue weighted by atomic mass is 10.2. The molecular weight excluding hydrogens is 296 g/mol. The maximum absolute atomic E-state index is 11.5. The Bertz CT molecular complexity index is 285. The molecule has 0 rings (SSSR count). The molecular formula is C14H26O6S. The lowest BCUT2D eigenvalue weighted by molar-refractivity contribution is -0.149. The molecule has 0 saturated carbocycles. The summed E-state index contributed by atoms with van der Waals surface area (Å²) in [4.78, 5) is 23.0. The van der Waals surface area contributed by atoms with E-state index in [2.05, 4.69) is 12.6 Å². The third-order valence-electron chi connectivity index (χ3n) is 2.74. The maximum atomic E-state index is 11.5. The largest absolute Gasteiger partial charge is 0.466 e. The molecule has 0 bridgehead atoms. The number of hydrogen-bond acceptors (Lipinski definition) is 7. The molecule has 7 heteroatoms. The molecule has 124 valence electrons. The van der Waals surface area contributed by atoms with E-state index in [4.69, 9.17) is 19.7 Å². The van der Waals surface area contributed by atoms with Crippen LogP contribution < -0.4 is 0 Å². The summed E-state index contributed by atoms with van der Waals surface area (Å²) in [5.41, 5.74) is 0. The van der Waals surface area contributed by atoms with Gasteiger partial charge in [0.2, 0.25) is 0 Å². The number of rotatable bonds is 13. The molecule has 0 fully saturated rings. The van der Waals surface area contributed by atoms with Crippen molar-refractivity contribution in [3.63, 3.8) is 0 Å². The summed E-state index contributed by atoms with van der Waals surface area (Å²) in [5, 5.41) is 16.4. The fourth-order valence-electron chi connectivity index (χ4n) is 1.54. The second-order valence-electron chi connectivity index (χ2n) is 4.68. The highest BCUT2D eigenvalue weighted by atomic mass is 32.1. The summed E-state index contributed by atoms with van der Waals surface area (Å²) >= 11 is 4.04. The third-order valence-corrected chi connectivity index (χ3v) is 3.14. The van der Waals surface area contributed by atoms with Crippen LogP contribution in [-0.4, -0.2) is 53.8 Å². The highest BCUT2D eigenvalue weighted by Gasteiger charge is 2.20. The fraction of sp³-hybridized carbons (Fsp3) is 0.857. The normalized spacial score (nSPS) is 12.0. The summed E-state index contributed by atoms with van der Waals surface area (Å²) in [6, 6.07) is 0. The Balaban J connectivity index is 3.62. The van der Waals surface area contributed by atoms with Crippen molar-refractivity contribution in [2.75, 3.05) is 26.4 Å². The van der Waals surface area contributed by atoms with Crippen molar-refractivity contribution in [1.29, 1.82) is 0 Å². The molecule has 1 unspecified atom stereocenters. The first-order chi connectivity index (χ1) is 10.1. The first-order valence-electron chi connectivity index (χ1n) is 7.33. The van der Waals surface area contributed by atoms with Crippen LogP contribution in [0.25, 0.3) is 0 Å². The Labute approximate surface area is 131 Å². The van der Waals surface area contributed by atoms with Gasteiger partial charge < -0.3 is 19.7 Å². The van der Waals surface area contributed by atoms with Crippen molar-refractivity contribution in [3.8, 4) is 0 Å². The SMILES string of the molecule is O=C(CC(S)C(=O)OCCCCCO)OCCCCCO. The van der Waals surface area contributed by atoms with Gasteiger partial charge in [0.1, 0.15) is 5.25 Å². The highest BCUT2D eigenvalue weighted by molar-refractivity contribution is 7.81. The van der Waals surface area contributed by atoms with E-state index in [1.807, 2.05) is 0 Å². The predicted octanol–water partition coefficient (Wildman–Crippen LogP) is 1.09. The Kier molecular flexibility index (Phi) is 13.6. The molecule has 21 heavy (non-hydrogen) atoms. The van der Waals surface area contributed by atoms with Crippen molar-refractivity contribution in [2.24, 2.45) is 0 Å². The maximum Gasteiger partial charge on any atom is 0.319 e. The van der Waals surface area contributed by atoms with Crippen molar-refractivity contribution in [2.45, 2.75) is 50.2 Å². The minimum absolute atomic E-state index is 0.113. The number of ether oxygens (including phenoxy) is 2. The molecule has 0 radical (unpaired) electrons. The third kappa shape index (κ3) is 12.6. The molecule has 0 aromatic heterocycles. The Hall–Kier alpha value is -0.790. The second kappa shape index (κ2) is 14.2. The van der Waals surface area contributed by atoms with Gasteiger partial charge in [-0.25, -0.2) is 0 Å². The summed E-state index contributed by atoms with van der Waals surface area (Å²) in [5.74, 6) is -1.00. The van der Waals surface area contributed by atoms with Gasteiger partial charge in [-0.1, -0.05) is 0 Å². The highest BCUT2D eigenvalue weighted by Crippen LogP contribution is 2.07. The number of unbranched alkanes of at least 4 members (excludes halogenated alkanes) is 4. The van der Waals surface area contributed by atoms with E-state index < -0.39 is 17.2 Å². The van der Waals surface area contributed by atoms with Crippen LogP contribution in [0.1, 0.15) is 44.9 Å². The van der Waals surface area contributed by atoms with Gasteiger partial charge in [0.15, 0.2) is 0 Å². The number of esters is 2. The van der Waals surface area contributed by atoms with Gasteiger partial charge in [0.25, 0.3) is 0 Å². The van der Waals surface area contributed by atoms with E-state index in [-0.39, 0.29) is 32.8 Å². The van der Waals surface area contributed by atoms with Crippen molar-refractivity contribution in [1.82, 2.24) is 0 Å². The Morgan fingerprint density at radius 2 is 1.38 bits per heavy atom. The second-order valence-corrected chi connectivity index (χ2v) is 5.30. The molecule has 0 saturated heterocycles. The van der Waals surface area contributed by atoms with E-state index in [0.29, 0.717) is 25.7 Å². The monoisotopic (exact) mass is 322 g/mol. The fourth-order valence-corrected chi connectivity index (χ4v) is 1.76. The number of carbonyl (C=O) groups is 2. The topological polar surface area (TPSA) is 93.1 Å². The van der Waals surface area contributed by atoms with Gasteiger partial charge in [-0.2, -0.15) is 12.6 Å². The van der Waals surface area contributed by atoms with E-state index in [9.17, 15) is 9.59 Å². The molecule has 0 aromatic rings. The first-order valence-corrected chi connectivity index (χ1v) is 7.85. The first kappa shape index (κ1) is 20.2. The van der Waals surface area contributed by atoms with Crippen molar-refractivity contribution >= 4 is 24.6 Å².